The average Bonchev–Trinajstić information content (AvgIpc) is 2.38. The van der Waals surface area contributed by atoms with Crippen LogP contribution in [-0.2, 0) is 0 Å². The Morgan fingerprint density at radius 2 is 2.11 bits per heavy atom. The molecule has 5 nitrogen and oxygen atoms in total. The molecule has 2 rings (SSSR count). The molecule has 0 bridgehead atoms. The Morgan fingerprint density at radius 1 is 1.37 bits per heavy atom. The summed E-state index contributed by atoms with van der Waals surface area (Å²) in [6, 6.07) is 3.37. The lowest BCUT2D eigenvalue weighted by Crippen LogP contribution is -2.37. The molecule has 104 valence electrons. The molecule has 1 aromatic rings. The van der Waals surface area contributed by atoms with Crippen LogP contribution in [0.25, 0.3) is 0 Å². The second kappa shape index (κ2) is 6.52. The lowest BCUT2D eigenvalue weighted by Gasteiger charge is -2.26. The van der Waals surface area contributed by atoms with Gasteiger partial charge in [0.2, 0.25) is 0 Å². The monoisotopic (exact) mass is 262 g/mol. The van der Waals surface area contributed by atoms with E-state index in [2.05, 4.69) is 15.2 Å². The summed E-state index contributed by atoms with van der Waals surface area (Å²) in [6.45, 7) is 5.74. The molecule has 3 N–H and O–H groups in total. The third-order valence-corrected chi connectivity index (χ3v) is 3.40. The highest BCUT2D eigenvalue weighted by atomic mass is 16.1. The van der Waals surface area contributed by atoms with Gasteiger partial charge in [-0.2, -0.15) is 0 Å². The number of amides is 1. The lowest BCUT2D eigenvalue weighted by molar-refractivity contribution is 0.0946. The summed E-state index contributed by atoms with van der Waals surface area (Å²) < 4.78 is 0. The molecule has 0 aliphatic carbocycles. The summed E-state index contributed by atoms with van der Waals surface area (Å²) in [5.41, 5.74) is 7.00. The highest BCUT2D eigenvalue weighted by Gasteiger charge is 2.11. The normalized spacial score (nSPS) is 16.3. The highest BCUT2D eigenvalue weighted by Crippen LogP contribution is 2.08. The minimum atomic E-state index is -0.0748. The van der Waals surface area contributed by atoms with Gasteiger partial charge in [-0.15, -0.1) is 0 Å². The zero-order chi connectivity index (χ0) is 13.7. The fourth-order valence-corrected chi connectivity index (χ4v) is 2.44. The Labute approximate surface area is 114 Å². The minimum Gasteiger partial charge on any atom is -0.384 e. The molecule has 2 heterocycles. The minimum absolute atomic E-state index is 0.0748. The first-order valence-corrected chi connectivity index (χ1v) is 6.90. The zero-order valence-electron chi connectivity index (χ0n) is 11.5. The third kappa shape index (κ3) is 4.21. The van der Waals surface area contributed by atoms with Gasteiger partial charge in [0.15, 0.2) is 0 Å². The van der Waals surface area contributed by atoms with Crippen molar-refractivity contribution in [1.82, 2.24) is 15.2 Å². The Balaban J connectivity index is 1.80. The molecule has 1 aliphatic heterocycles. The number of hydrogen-bond acceptors (Lipinski definition) is 4. The van der Waals surface area contributed by atoms with Crippen LogP contribution in [0.2, 0.25) is 0 Å². The molecule has 0 atom stereocenters. The van der Waals surface area contributed by atoms with Crippen molar-refractivity contribution < 1.29 is 4.79 Å². The average molecular weight is 262 g/mol. The predicted octanol–water partition coefficient (Wildman–Crippen LogP) is 1.19. The van der Waals surface area contributed by atoms with Crippen LogP contribution in [-0.4, -0.2) is 42.0 Å². The first-order chi connectivity index (χ1) is 9.15. The van der Waals surface area contributed by atoms with Gasteiger partial charge >= 0.3 is 0 Å². The summed E-state index contributed by atoms with van der Waals surface area (Å²) in [5, 5.41) is 2.94. The van der Waals surface area contributed by atoms with Crippen LogP contribution >= 0.6 is 0 Å². The largest absolute Gasteiger partial charge is 0.384 e. The standard InChI is InChI=1S/C14H22N4O/c1-11-9-12(10-13(15)17-11)14(19)16-5-8-18-6-3-2-4-7-18/h9-10H,2-8H2,1H3,(H2,15,17)(H,16,19). The number of likely N-dealkylation sites (tertiary alicyclic amines) is 1. The second-order valence-electron chi connectivity index (χ2n) is 5.08. The van der Waals surface area contributed by atoms with E-state index in [1.165, 1.54) is 19.3 Å². The maximum Gasteiger partial charge on any atom is 0.251 e. The first kappa shape index (κ1) is 13.8. The molecule has 0 unspecified atom stereocenters. The number of nitrogens with one attached hydrogen (secondary N) is 1. The number of rotatable bonds is 4. The van der Waals surface area contributed by atoms with Crippen LogP contribution < -0.4 is 11.1 Å². The van der Waals surface area contributed by atoms with Gasteiger partial charge in [0.05, 0.1) is 0 Å². The summed E-state index contributed by atoms with van der Waals surface area (Å²) in [7, 11) is 0. The number of anilines is 1. The van der Waals surface area contributed by atoms with Gasteiger partial charge in [-0.25, -0.2) is 4.98 Å². The fourth-order valence-electron chi connectivity index (χ4n) is 2.44. The molecule has 1 aliphatic rings. The van der Waals surface area contributed by atoms with Crippen molar-refractivity contribution in [2.45, 2.75) is 26.2 Å². The van der Waals surface area contributed by atoms with Crippen LogP contribution in [0.15, 0.2) is 12.1 Å². The Kier molecular flexibility index (Phi) is 4.74. The number of nitrogens with zero attached hydrogens (tertiary/aromatic N) is 2. The van der Waals surface area contributed by atoms with Crippen molar-refractivity contribution in [1.29, 1.82) is 0 Å². The number of piperidine rings is 1. The van der Waals surface area contributed by atoms with E-state index in [-0.39, 0.29) is 5.91 Å². The summed E-state index contributed by atoms with van der Waals surface area (Å²) in [6.07, 6.45) is 3.88. The fraction of sp³-hybridized carbons (Fsp3) is 0.571. The van der Waals surface area contributed by atoms with Gasteiger partial charge in [0.1, 0.15) is 5.82 Å². The SMILES string of the molecule is Cc1cc(C(=O)NCCN2CCCCC2)cc(N)n1. The van der Waals surface area contributed by atoms with Crippen molar-refractivity contribution in [3.05, 3.63) is 23.4 Å². The maximum atomic E-state index is 12.0. The van der Waals surface area contributed by atoms with Crippen molar-refractivity contribution in [2.24, 2.45) is 0 Å². The van der Waals surface area contributed by atoms with E-state index in [1.54, 1.807) is 12.1 Å². The van der Waals surface area contributed by atoms with Gasteiger partial charge in [-0.3, -0.25) is 4.79 Å². The van der Waals surface area contributed by atoms with Crippen LogP contribution in [0.4, 0.5) is 5.82 Å². The topological polar surface area (TPSA) is 71.2 Å². The van der Waals surface area contributed by atoms with Crippen LogP contribution in [0.5, 0.6) is 0 Å². The van der Waals surface area contributed by atoms with Gasteiger partial charge in [-0.05, 0) is 45.0 Å². The number of carbonyl (C=O) groups excluding carboxylic acids is 1. The van der Waals surface area contributed by atoms with Gasteiger partial charge < -0.3 is 16.0 Å². The van der Waals surface area contributed by atoms with Crippen LogP contribution in [0.3, 0.4) is 0 Å². The van der Waals surface area contributed by atoms with E-state index in [0.717, 1.165) is 25.3 Å². The summed E-state index contributed by atoms with van der Waals surface area (Å²) in [4.78, 5) is 18.4. The first-order valence-electron chi connectivity index (χ1n) is 6.90. The van der Waals surface area contributed by atoms with E-state index in [9.17, 15) is 4.79 Å². The predicted molar refractivity (Wildman–Crippen MR) is 76.0 cm³/mol. The van der Waals surface area contributed by atoms with Crippen LogP contribution in [0.1, 0.15) is 35.3 Å². The summed E-state index contributed by atoms with van der Waals surface area (Å²) >= 11 is 0. The molecule has 0 spiro atoms. The Bertz CT molecular complexity index is 421. The Morgan fingerprint density at radius 3 is 2.79 bits per heavy atom. The number of aromatic nitrogens is 1. The zero-order valence-corrected chi connectivity index (χ0v) is 11.5. The van der Waals surface area contributed by atoms with E-state index in [4.69, 9.17) is 5.73 Å². The van der Waals surface area contributed by atoms with E-state index in [0.29, 0.717) is 17.9 Å². The molecule has 1 aromatic heterocycles. The van der Waals surface area contributed by atoms with E-state index >= 15 is 0 Å². The smallest absolute Gasteiger partial charge is 0.251 e. The molecule has 0 radical (unpaired) electrons. The van der Waals surface area contributed by atoms with Crippen LogP contribution in [0, 0.1) is 6.92 Å². The lowest BCUT2D eigenvalue weighted by atomic mass is 10.1. The van der Waals surface area contributed by atoms with Gasteiger partial charge in [-0.1, -0.05) is 6.42 Å². The molecule has 1 amide bonds. The van der Waals surface area contributed by atoms with E-state index in [1.807, 2.05) is 6.92 Å². The molecule has 1 fully saturated rings. The van der Waals surface area contributed by atoms with Crippen molar-refractivity contribution >= 4 is 11.7 Å². The molecular formula is C14H22N4O. The summed E-state index contributed by atoms with van der Waals surface area (Å²) in [5.74, 6) is 0.315. The molecular weight excluding hydrogens is 240 g/mol. The van der Waals surface area contributed by atoms with E-state index < -0.39 is 0 Å². The number of hydrogen-bond donors (Lipinski definition) is 2. The maximum absolute atomic E-state index is 12.0. The number of pyridine rings is 1. The molecule has 0 saturated carbocycles. The van der Waals surface area contributed by atoms with Gasteiger partial charge in [0.25, 0.3) is 5.91 Å². The highest BCUT2D eigenvalue weighted by molar-refractivity contribution is 5.94. The molecule has 19 heavy (non-hydrogen) atoms. The van der Waals surface area contributed by atoms with Crippen molar-refractivity contribution in [2.75, 3.05) is 31.9 Å². The number of nitrogens with two attached hydrogens (primary N) is 1. The molecule has 0 aromatic carbocycles. The number of carbonyl (C=O) groups is 1. The second-order valence-corrected chi connectivity index (χ2v) is 5.08. The van der Waals surface area contributed by atoms with Crippen molar-refractivity contribution in [3.8, 4) is 0 Å². The quantitative estimate of drug-likeness (QED) is 0.855. The molecule has 1 saturated heterocycles. The van der Waals surface area contributed by atoms with Gasteiger partial charge in [0, 0.05) is 24.3 Å². The van der Waals surface area contributed by atoms with Crippen molar-refractivity contribution in [3.63, 3.8) is 0 Å². The number of aryl methyl sites for hydroxylation is 1. The molecule has 5 heteroatoms. The Hall–Kier alpha value is -1.62. The third-order valence-electron chi connectivity index (χ3n) is 3.40. The number of nitrogen functional groups attached to an aromatic ring is 1.